The standard InChI is InChI=1S/C88H150N24O4/c1-73(2)39-53(40-74(3,4)101-73)89-57(47-107-49-77(9,10)103-85(25,26)69(107)113)63-93-59(95-65(97-63)61-67(109-51-79(13,14)105-87(29,30)71(109)115)99-111-81(17,18)43-55(91-61)44-82(111,19)20)37-35-33-34-36-38-60-94-64(58(90-54-41-75(5,6)102-76(7,8)42-54)48-108-50-78(11,12)104-86(27,28)70(108)114)98-66(96-60)62-68(110-52-80(15,16)106-88(31,32)72(110)116)100-112-83(21,22)45-56(92-62)46-84(112,23)24/h53-56,67-68,99-106H,33-52H2,1-32H3/b89-57?,90-58?,91-61-,92-62-. The summed E-state index contributed by atoms with van der Waals surface area (Å²) in [5.41, 5.74) is 2.57. The lowest BCUT2D eigenvalue weighted by molar-refractivity contribution is -0.153. The molecule has 8 N–H and O–H groups in total. The van der Waals surface area contributed by atoms with Gasteiger partial charge in [0.2, 0.25) is 23.6 Å². The number of hydrogen-bond donors (Lipinski definition) is 8. The average molecular weight is 1610 g/mol. The number of nitrogens with one attached hydrogen (secondary N) is 8. The molecule has 8 fully saturated rings. The number of aromatic nitrogens is 6. The maximum atomic E-state index is 15.3. The molecule has 4 bridgehead atoms. The molecule has 12 aliphatic rings. The second-order valence-electron chi connectivity index (χ2n) is 46.6. The Hall–Kier alpha value is -5.82. The molecular formula is C88H150N24O4. The van der Waals surface area contributed by atoms with Gasteiger partial charge < -0.3 is 30.2 Å². The van der Waals surface area contributed by atoms with E-state index in [9.17, 15) is 9.59 Å². The Morgan fingerprint density at radius 3 is 0.922 bits per heavy atom. The van der Waals surface area contributed by atoms with E-state index in [1.165, 1.54) is 0 Å². The third-order valence-electron chi connectivity index (χ3n) is 25.4. The number of hydrazine groups is 2. The number of amides is 4. The average Bonchev–Trinajstić information content (AvgIpc) is 0.732. The Balaban J connectivity index is 0.959. The monoisotopic (exact) mass is 1610 g/mol. The van der Waals surface area contributed by atoms with Crippen molar-refractivity contribution in [1.29, 1.82) is 0 Å². The van der Waals surface area contributed by atoms with Crippen LogP contribution in [0.3, 0.4) is 0 Å². The van der Waals surface area contributed by atoms with Crippen LogP contribution >= 0.6 is 0 Å². The summed E-state index contributed by atoms with van der Waals surface area (Å²) in [6.45, 7) is 70.7. The first-order chi connectivity index (χ1) is 52.8. The zero-order valence-corrected chi connectivity index (χ0v) is 77.4. The van der Waals surface area contributed by atoms with Crippen LogP contribution in [0.5, 0.6) is 0 Å². The highest BCUT2D eigenvalue weighted by molar-refractivity contribution is 6.08. The molecule has 116 heavy (non-hydrogen) atoms. The summed E-state index contributed by atoms with van der Waals surface area (Å²) in [6.07, 6.45) is 8.39. The SMILES string of the molecule is CC1(C)CC(N=C(CN2CC(C)(C)NC(C)(C)C2=O)c2nc(CCCCCCc3nc(C(CN4CC(C)(C)NC(C)(C)C4=O)=NC4CC(C)(C)NC(C)(C)C4)nc(/C4=N/C5CC(C)(C)N(NC4N4CC(C)(C)NC(C)(C)C4=O)C(C)(C)C5)n3)nc(/C3=N/C4CC(C)(C)N(NC3N3CC(C)(C)NC(C)(C)C3=O)C(C)(C)C4)n2)CC(C)(C)N1. The van der Waals surface area contributed by atoms with Crippen LogP contribution in [0.1, 0.15) is 334 Å². The zero-order valence-electron chi connectivity index (χ0n) is 77.4. The van der Waals surface area contributed by atoms with Crippen molar-refractivity contribution < 1.29 is 19.2 Å². The van der Waals surface area contributed by atoms with Crippen LogP contribution < -0.4 is 42.8 Å². The summed E-state index contributed by atoms with van der Waals surface area (Å²) in [6, 6.07) is -0.560. The van der Waals surface area contributed by atoms with Gasteiger partial charge in [0, 0.05) is 105 Å². The number of nitrogens with zero attached hydrogens (tertiary/aromatic N) is 16. The van der Waals surface area contributed by atoms with Crippen molar-refractivity contribution in [2.24, 2.45) is 20.0 Å². The first-order valence-corrected chi connectivity index (χ1v) is 43.7. The lowest BCUT2D eigenvalue weighted by atomic mass is 9.78. The number of piperazine rings is 4. The van der Waals surface area contributed by atoms with Gasteiger partial charge in [0.25, 0.3) is 0 Å². The van der Waals surface area contributed by atoms with Crippen LogP contribution in [0, 0.1) is 0 Å². The van der Waals surface area contributed by atoms with E-state index in [1.807, 2.05) is 75.0 Å². The van der Waals surface area contributed by atoms with E-state index < -0.39 is 56.6 Å². The van der Waals surface area contributed by atoms with E-state index in [-0.39, 0.29) is 105 Å². The molecule has 0 aromatic carbocycles. The summed E-state index contributed by atoms with van der Waals surface area (Å²) in [5.74, 6) is 2.48. The lowest BCUT2D eigenvalue weighted by Crippen LogP contribution is -2.78. The molecule has 2 aromatic rings. The Labute approximate surface area is 695 Å². The van der Waals surface area contributed by atoms with Gasteiger partial charge in [-0.15, -0.1) is 0 Å². The molecule has 14 rings (SSSR count). The number of hydrogen-bond acceptors (Lipinski definition) is 24. The molecule has 12 aliphatic heterocycles. The van der Waals surface area contributed by atoms with E-state index >= 15 is 9.59 Å². The number of unbranched alkanes of at least 4 members (excludes halogenated alkanes) is 3. The molecule has 646 valence electrons. The van der Waals surface area contributed by atoms with Crippen molar-refractivity contribution in [2.45, 2.75) is 437 Å². The highest BCUT2D eigenvalue weighted by Crippen LogP contribution is 2.44. The molecule has 2 unspecified atom stereocenters. The van der Waals surface area contributed by atoms with Crippen LogP contribution in [-0.4, -0.2) is 270 Å². The first kappa shape index (κ1) is 89.4. The maximum absolute atomic E-state index is 15.3. The van der Waals surface area contributed by atoms with Gasteiger partial charge in [-0.3, -0.25) is 60.4 Å². The second kappa shape index (κ2) is 30.1. The number of carbonyl (C=O) groups is 4. The van der Waals surface area contributed by atoms with E-state index in [4.69, 9.17) is 49.9 Å². The van der Waals surface area contributed by atoms with Crippen molar-refractivity contribution in [3.8, 4) is 0 Å². The number of aliphatic imine (C=N–C) groups is 4. The molecular weight excluding hydrogens is 1460 g/mol. The highest BCUT2D eigenvalue weighted by Gasteiger charge is 2.57. The largest absolute Gasteiger partial charge is 0.333 e. The fraction of sp³-hybridized carbons (Fsp3) is 0.841. The van der Waals surface area contributed by atoms with E-state index in [0.29, 0.717) is 110 Å². The molecule has 8 saturated heterocycles. The predicted octanol–water partition coefficient (Wildman–Crippen LogP) is 8.86. The molecule has 28 nitrogen and oxygen atoms in total. The van der Waals surface area contributed by atoms with Gasteiger partial charge in [0.05, 0.1) is 70.8 Å². The first-order valence-electron chi connectivity index (χ1n) is 43.7. The highest BCUT2D eigenvalue weighted by atomic mass is 16.2. The zero-order chi connectivity index (χ0) is 85.9. The van der Waals surface area contributed by atoms with Gasteiger partial charge in [0.15, 0.2) is 23.3 Å². The smallest absolute Gasteiger partial charge is 0.243 e. The van der Waals surface area contributed by atoms with Crippen molar-refractivity contribution in [3.63, 3.8) is 0 Å². The molecule has 2 atom stereocenters. The molecule has 14 heterocycles. The van der Waals surface area contributed by atoms with Gasteiger partial charge in [-0.1, -0.05) is 12.8 Å². The number of piperidine rings is 4. The third kappa shape index (κ3) is 19.7. The molecule has 0 radical (unpaired) electrons. The van der Waals surface area contributed by atoms with Gasteiger partial charge in [0.1, 0.15) is 35.4 Å². The normalized spacial score (nSPS) is 32.1. The molecule has 2 aromatic heterocycles. The molecule has 0 spiro atoms. The van der Waals surface area contributed by atoms with Gasteiger partial charge >= 0.3 is 0 Å². The number of carbonyl (C=O) groups excluding carboxylic acids is 4. The van der Waals surface area contributed by atoms with Crippen LogP contribution in [0.15, 0.2) is 20.0 Å². The number of fused-ring (bicyclic) bond motifs is 8. The van der Waals surface area contributed by atoms with Crippen molar-refractivity contribution in [2.75, 3.05) is 39.3 Å². The number of aryl methyl sites for hydroxylation is 2. The van der Waals surface area contributed by atoms with Crippen LogP contribution in [-0.2, 0) is 32.0 Å². The molecule has 0 saturated carbocycles. The predicted molar refractivity (Wildman–Crippen MR) is 462 cm³/mol. The quantitative estimate of drug-likeness (QED) is 0.0481. The van der Waals surface area contributed by atoms with Gasteiger partial charge in [-0.05, 0) is 286 Å². The minimum atomic E-state index is -0.923. The molecule has 28 heteroatoms. The van der Waals surface area contributed by atoms with Crippen LogP contribution in [0.4, 0.5) is 0 Å². The van der Waals surface area contributed by atoms with Crippen molar-refractivity contribution in [3.05, 3.63) is 34.9 Å². The molecule has 4 amide bonds. The minimum Gasteiger partial charge on any atom is -0.333 e. The summed E-state index contributed by atoms with van der Waals surface area (Å²) in [7, 11) is 0. The van der Waals surface area contributed by atoms with Crippen LogP contribution in [0.25, 0.3) is 0 Å². The topological polar surface area (TPSA) is 311 Å². The Bertz CT molecular complexity index is 3910. The maximum Gasteiger partial charge on any atom is 0.243 e. The van der Waals surface area contributed by atoms with Gasteiger partial charge in [-0.2, -0.15) is 0 Å². The second-order valence-corrected chi connectivity index (χ2v) is 46.6. The summed E-state index contributed by atoms with van der Waals surface area (Å²) >= 11 is 0. The fourth-order valence-electron chi connectivity index (χ4n) is 23.4. The van der Waals surface area contributed by atoms with Crippen molar-refractivity contribution in [1.82, 2.24) is 102 Å². The Morgan fingerprint density at radius 2 is 0.621 bits per heavy atom. The number of rotatable bonds is 19. The minimum absolute atomic E-state index is 0.0342. The van der Waals surface area contributed by atoms with E-state index in [2.05, 4.69) is 219 Å². The summed E-state index contributed by atoms with van der Waals surface area (Å²) < 4.78 is 0. The summed E-state index contributed by atoms with van der Waals surface area (Å²) in [5, 5.41) is 27.0. The molecule has 0 aliphatic carbocycles. The lowest BCUT2D eigenvalue weighted by Gasteiger charge is -2.58. The Kier molecular flexibility index (Phi) is 23.2. The van der Waals surface area contributed by atoms with E-state index in [0.717, 1.165) is 64.2 Å². The third-order valence-corrected chi connectivity index (χ3v) is 25.4. The summed E-state index contributed by atoms with van der Waals surface area (Å²) in [4.78, 5) is 125. The Morgan fingerprint density at radius 1 is 0.336 bits per heavy atom. The fourth-order valence-corrected chi connectivity index (χ4v) is 23.4. The van der Waals surface area contributed by atoms with E-state index in [1.54, 1.807) is 0 Å². The van der Waals surface area contributed by atoms with Gasteiger partial charge in [-0.25, -0.2) is 50.8 Å². The van der Waals surface area contributed by atoms with Crippen LogP contribution in [0.2, 0.25) is 0 Å². The van der Waals surface area contributed by atoms with Crippen molar-refractivity contribution >= 4 is 46.5 Å².